The minimum atomic E-state index is -0.571. The zero-order valence-corrected chi connectivity index (χ0v) is 14.7. The van der Waals surface area contributed by atoms with Gasteiger partial charge >= 0.3 is 0 Å². The minimum absolute atomic E-state index is 0.179. The van der Waals surface area contributed by atoms with Crippen molar-refractivity contribution in [3.63, 3.8) is 0 Å². The number of amides is 1. The Kier molecular flexibility index (Phi) is 5.27. The molecule has 2 atom stereocenters. The van der Waals surface area contributed by atoms with Crippen LogP contribution in [0, 0.1) is 5.41 Å². The van der Waals surface area contributed by atoms with Crippen LogP contribution in [-0.4, -0.2) is 53.1 Å². The van der Waals surface area contributed by atoms with Crippen LogP contribution < -0.4 is 5.73 Å². The van der Waals surface area contributed by atoms with Crippen LogP contribution in [0.25, 0.3) is 0 Å². The molecule has 2 heterocycles. The normalized spacial score (nSPS) is 27.1. The third kappa shape index (κ3) is 3.74. The second-order valence-electron chi connectivity index (χ2n) is 7.46. The van der Waals surface area contributed by atoms with E-state index in [9.17, 15) is 4.79 Å². The van der Waals surface area contributed by atoms with Gasteiger partial charge in [0.15, 0.2) is 0 Å². The lowest BCUT2D eigenvalue weighted by molar-refractivity contribution is -0.147. The zero-order chi connectivity index (χ0) is 15.7. The Balaban J connectivity index is 2.15. The van der Waals surface area contributed by atoms with Crippen LogP contribution >= 0.6 is 11.8 Å². The average molecular weight is 314 g/mol. The van der Waals surface area contributed by atoms with Crippen molar-refractivity contribution in [1.82, 2.24) is 4.90 Å². The van der Waals surface area contributed by atoms with E-state index >= 15 is 0 Å². The van der Waals surface area contributed by atoms with E-state index < -0.39 is 11.0 Å². The molecule has 2 fully saturated rings. The molecule has 122 valence electrons. The van der Waals surface area contributed by atoms with Crippen LogP contribution in [0.15, 0.2) is 0 Å². The van der Waals surface area contributed by atoms with E-state index in [0.717, 1.165) is 43.9 Å². The van der Waals surface area contributed by atoms with Crippen molar-refractivity contribution in [1.29, 1.82) is 0 Å². The first-order valence-electron chi connectivity index (χ1n) is 8.03. The topological polar surface area (TPSA) is 55.6 Å². The monoisotopic (exact) mass is 314 g/mol. The Morgan fingerprint density at radius 3 is 2.52 bits per heavy atom. The molecule has 21 heavy (non-hydrogen) atoms. The molecule has 4 nitrogen and oxygen atoms in total. The van der Waals surface area contributed by atoms with Crippen LogP contribution in [0.3, 0.4) is 0 Å². The lowest BCUT2D eigenvalue weighted by Crippen LogP contribution is -2.59. The number of nitrogens with zero attached hydrogens (tertiary/aromatic N) is 1. The van der Waals surface area contributed by atoms with Crippen LogP contribution in [0.2, 0.25) is 0 Å². The Hall–Kier alpha value is -0.260. The maximum absolute atomic E-state index is 13.2. The summed E-state index contributed by atoms with van der Waals surface area (Å²) in [6.07, 6.45) is 3.47. The van der Waals surface area contributed by atoms with Gasteiger partial charge in [-0.25, -0.2) is 0 Å². The summed E-state index contributed by atoms with van der Waals surface area (Å²) in [5, 5.41) is 0. The fourth-order valence-electron chi connectivity index (χ4n) is 2.81. The van der Waals surface area contributed by atoms with Crippen molar-refractivity contribution in [2.75, 3.05) is 24.7 Å². The fourth-order valence-corrected chi connectivity index (χ4v) is 4.03. The maximum Gasteiger partial charge on any atom is 0.230 e. The van der Waals surface area contributed by atoms with Crippen molar-refractivity contribution < 1.29 is 9.53 Å². The number of nitrogens with two attached hydrogens (primary N) is 1. The Labute approximate surface area is 133 Å². The molecule has 0 spiro atoms. The zero-order valence-electron chi connectivity index (χ0n) is 13.9. The molecule has 2 N–H and O–H groups in total. The van der Waals surface area contributed by atoms with Crippen LogP contribution in [0.4, 0.5) is 0 Å². The average Bonchev–Trinajstić information content (AvgIpc) is 3.06. The van der Waals surface area contributed by atoms with Gasteiger partial charge in [0, 0.05) is 30.5 Å². The van der Waals surface area contributed by atoms with E-state index in [1.807, 2.05) is 39.5 Å². The highest BCUT2D eigenvalue weighted by atomic mass is 32.2. The SMILES string of the molecule is CC(C)(N)C(C)(C)C(=O)N(CC1CCCO1)C1CCSC1. The summed E-state index contributed by atoms with van der Waals surface area (Å²) in [5.74, 6) is 2.37. The molecule has 0 radical (unpaired) electrons. The van der Waals surface area contributed by atoms with Crippen LogP contribution in [0.1, 0.15) is 47.0 Å². The molecule has 0 aromatic rings. The highest BCUT2D eigenvalue weighted by Crippen LogP contribution is 2.34. The second kappa shape index (κ2) is 6.47. The molecule has 0 saturated carbocycles. The first-order chi connectivity index (χ1) is 9.73. The Bertz CT molecular complexity index is 367. The molecule has 1 amide bonds. The molecule has 2 unspecified atom stereocenters. The Morgan fingerprint density at radius 2 is 2.05 bits per heavy atom. The van der Waals surface area contributed by atoms with E-state index in [0.29, 0.717) is 6.04 Å². The van der Waals surface area contributed by atoms with Crippen molar-refractivity contribution >= 4 is 17.7 Å². The molecule has 2 aliphatic rings. The number of hydrogen-bond donors (Lipinski definition) is 1. The number of rotatable bonds is 5. The standard InChI is InChI=1S/C16H30N2O2S/c1-15(2,16(3,4)17)14(19)18(12-7-9-21-11-12)10-13-6-5-8-20-13/h12-13H,5-11,17H2,1-4H3. The van der Waals surface area contributed by atoms with Gasteiger partial charge in [-0.15, -0.1) is 0 Å². The predicted molar refractivity (Wildman–Crippen MR) is 88.5 cm³/mol. The predicted octanol–water partition coefficient (Wildman–Crippen LogP) is 2.26. The van der Waals surface area contributed by atoms with E-state index in [2.05, 4.69) is 4.90 Å². The highest BCUT2D eigenvalue weighted by molar-refractivity contribution is 7.99. The number of hydrogen-bond acceptors (Lipinski definition) is 4. The van der Waals surface area contributed by atoms with Gasteiger partial charge in [-0.2, -0.15) is 11.8 Å². The largest absolute Gasteiger partial charge is 0.376 e. The van der Waals surface area contributed by atoms with Gasteiger partial charge in [0.1, 0.15) is 0 Å². The number of ether oxygens (including phenoxy) is 1. The van der Waals surface area contributed by atoms with Gasteiger partial charge in [0.05, 0.1) is 11.5 Å². The number of thioether (sulfide) groups is 1. The molecule has 0 aromatic carbocycles. The third-order valence-corrected chi connectivity index (χ3v) is 6.32. The summed E-state index contributed by atoms with van der Waals surface area (Å²) in [5.41, 5.74) is 5.17. The molecule has 0 bridgehead atoms. The first-order valence-corrected chi connectivity index (χ1v) is 9.18. The van der Waals surface area contributed by atoms with Gasteiger partial charge in [-0.3, -0.25) is 4.79 Å². The maximum atomic E-state index is 13.2. The summed E-state index contributed by atoms with van der Waals surface area (Å²) >= 11 is 1.94. The summed E-state index contributed by atoms with van der Waals surface area (Å²) in [6, 6.07) is 0.341. The molecule has 5 heteroatoms. The van der Waals surface area contributed by atoms with Gasteiger partial charge < -0.3 is 15.4 Å². The summed E-state index contributed by atoms with van der Waals surface area (Å²) in [7, 11) is 0. The molecular formula is C16H30N2O2S. The quantitative estimate of drug-likeness (QED) is 0.846. The smallest absolute Gasteiger partial charge is 0.230 e. The van der Waals surface area contributed by atoms with Crippen molar-refractivity contribution in [2.45, 2.75) is 64.6 Å². The van der Waals surface area contributed by atoms with Crippen molar-refractivity contribution in [3.8, 4) is 0 Å². The molecule has 2 aliphatic heterocycles. The molecule has 0 aliphatic carbocycles. The lowest BCUT2D eigenvalue weighted by Gasteiger charge is -2.43. The van der Waals surface area contributed by atoms with Crippen LogP contribution in [-0.2, 0) is 9.53 Å². The highest BCUT2D eigenvalue weighted by Gasteiger charge is 2.45. The summed E-state index contributed by atoms with van der Waals surface area (Å²) in [6.45, 7) is 9.39. The lowest BCUT2D eigenvalue weighted by atomic mass is 9.74. The van der Waals surface area contributed by atoms with Crippen molar-refractivity contribution in [3.05, 3.63) is 0 Å². The third-order valence-electron chi connectivity index (χ3n) is 5.18. The summed E-state index contributed by atoms with van der Waals surface area (Å²) < 4.78 is 5.76. The van der Waals surface area contributed by atoms with Gasteiger partial charge in [0.25, 0.3) is 0 Å². The van der Waals surface area contributed by atoms with Gasteiger partial charge in [-0.1, -0.05) is 0 Å². The van der Waals surface area contributed by atoms with E-state index in [1.54, 1.807) is 0 Å². The van der Waals surface area contributed by atoms with Gasteiger partial charge in [-0.05, 0) is 52.7 Å². The molecule has 2 saturated heterocycles. The number of carbonyl (C=O) groups is 1. The molecular weight excluding hydrogens is 284 g/mol. The number of carbonyl (C=O) groups excluding carboxylic acids is 1. The van der Waals surface area contributed by atoms with E-state index in [1.165, 1.54) is 0 Å². The molecule has 2 rings (SSSR count). The fraction of sp³-hybridized carbons (Fsp3) is 0.938. The minimum Gasteiger partial charge on any atom is -0.376 e. The van der Waals surface area contributed by atoms with Crippen LogP contribution in [0.5, 0.6) is 0 Å². The van der Waals surface area contributed by atoms with Gasteiger partial charge in [0.2, 0.25) is 5.91 Å². The molecule has 0 aromatic heterocycles. The summed E-state index contributed by atoms with van der Waals surface area (Å²) in [4.78, 5) is 15.2. The second-order valence-corrected chi connectivity index (χ2v) is 8.61. The Morgan fingerprint density at radius 1 is 1.33 bits per heavy atom. The van der Waals surface area contributed by atoms with E-state index in [-0.39, 0.29) is 12.0 Å². The van der Waals surface area contributed by atoms with Crippen molar-refractivity contribution in [2.24, 2.45) is 11.1 Å². The first kappa shape index (κ1) is 17.1. The van der Waals surface area contributed by atoms with E-state index in [4.69, 9.17) is 10.5 Å².